The van der Waals surface area contributed by atoms with Crippen LogP contribution >= 0.6 is 11.3 Å². The Morgan fingerprint density at radius 2 is 2.03 bits per heavy atom. The van der Waals surface area contributed by atoms with E-state index < -0.39 is 17.6 Å². The van der Waals surface area contributed by atoms with Gasteiger partial charge in [-0.3, -0.25) is 19.0 Å². The van der Waals surface area contributed by atoms with Gasteiger partial charge in [0.1, 0.15) is 15.5 Å². The highest BCUT2D eigenvalue weighted by Crippen LogP contribution is 2.34. The first-order chi connectivity index (χ1) is 14.2. The van der Waals surface area contributed by atoms with Gasteiger partial charge in [0.25, 0.3) is 11.5 Å². The van der Waals surface area contributed by atoms with Gasteiger partial charge in [-0.05, 0) is 37.6 Å². The highest BCUT2D eigenvalue weighted by Gasteiger charge is 2.29. The molecule has 0 fully saturated rings. The Morgan fingerprint density at radius 3 is 2.73 bits per heavy atom. The molecule has 1 N–H and O–H groups in total. The van der Waals surface area contributed by atoms with E-state index in [9.17, 15) is 24.3 Å². The summed E-state index contributed by atoms with van der Waals surface area (Å²) in [6, 6.07) is 4.75. The maximum Gasteiger partial charge on any atom is 0.346 e. The number of anilines is 1. The lowest BCUT2D eigenvalue weighted by Gasteiger charge is -2.30. The van der Waals surface area contributed by atoms with Gasteiger partial charge < -0.3 is 14.7 Å². The molecule has 1 atom stereocenters. The number of nitrogens with zero attached hydrogens (tertiary/aromatic N) is 3. The average Bonchev–Trinajstić information content (AvgIpc) is 3.05. The Balaban J connectivity index is 1.68. The summed E-state index contributed by atoms with van der Waals surface area (Å²) < 4.78 is 6.71. The SMILES string of the molecule is Cc1c(C(=O)O)sc2ncn(CC(=O)c3ccc4c(c3)N(C)C(=O)C(C)O4)c(=O)c12. The van der Waals surface area contributed by atoms with Gasteiger partial charge in [-0.2, -0.15) is 0 Å². The Bertz CT molecular complexity index is 1290. The predicted octanol–water partition coefficient (Wildman–Crippen LogP) is 2.09. The fourth-order valence-corrected chi connectivity index (χ4v) is 4.38. The normalized spacial score (nSPS) is 15.8. The van der Waals surface area contributed by atoms with Gasteiger partial charge in [0.05, 0.1) is 23.9 Å². The third kappa shape index (κ3) is 3.05. The van der Waals surface area contributed by atoms with Crippen molar-refractivity contribution >= 4 is 44.9 Å². The number of carboxylic acids is 1. The number of thiophene rings is 1. The molecule has 0 radical (unpaired) electrons. The molecule has 0 bridgehead atoms. The van der Waals surface area contributed by atoms with Crippen molar-refractivity contribution in [3.8, 4) is 5.75 Å². The largest absolute Gasteiger partial charge is 0.479 e. The monoisotopic (exact) mass is 427 g/mol. The van der Waals surface area contributed by atoms with Crippen LogP contribution in [-0.2, 0) is 11.3 Å². The molecule has 10 heteroatoms. The van der Waals surface area contributed by atoms with Gasteiger partial charge in [0.2, 0.25) is 0 Å². The number of aromatic carboxylic acids is 1. The van der Waals surface area contributed by atoms with E-state index in [0.29, 0.717) is 27.4 Å². The average molecular weight is 427 g/mol. The number of likely N-dealkylation sites (N-methyl/N-ethyl adjacent to an activating group) is 1. The zero-order valence-corrected chi connectivity index (χ0v) is 17.1. The molecule has 154 valence electrons. The molecule has 0 spiro atoms. The first kappa shape index (κ1) is 19.8. The number of aromatic nitrogens is 2. The number of amides is 1. The summed E-state index contributed by atoms with van der Waals surface area (Å²) in [5.74, 6) is -1.20. The van der Waals surface area contributed by atoms with Crippen molar-refractivity contribution in [3.63, 3.8) is 0 Å². The first-order valence-electron chi connectivity index (χ1n) is 9.02. The maximum absolute atomic E-state index is 12.8. The molecule has 2 aromatic heterocycles. The van der Waals surface area contributed by atoms with Crippen molar-refractivity contribution in [2.75, 3.05) is 11.9 Å². The number of carbonyl (C=O) groups excluding carboxylic acids is 2. The topological polar surface area (TPSA) is 119 Å². The second-order valence-electron chi connectivity index (χ2n) is 6.98. The Kier molecular flexibility index (Phi) is 4.65. The number of carboxylic acid groups (broad SMARTS) is 1. The lowest BCUT2D eigenvalue weighted by Crippen LogP contribution is -2.42. The van der Waals surface area contributed by atoms with Gasteiger partial charge in [-0.25, -0.2) is 9.78 Å². The number of ether oxygens (including phenoxy) is 1. The summed E-state index contributed by atoms with van der Waals surface area (Å²) in [5.41, 5.74) is 0.649. The summed E-state index contributed by atoms with van der Waals surface area (Å²) in [7, 11) is 1.61. The summed E-state index contributed by atoms with van der Waals surface area (Å²) in [6.45, 7) is 2.93. The highest BCUT2D eigenvalue weighted by atomic mass is 32.1. The molecule has 0 aliphatic carbocycles. The molecule has 30 heavy (non-hydrogen) atoms. The van der Waals surface area contributed by atoms with Crippen LogP contribution in [-0.4, -0.2) is 45.5 Å². The van der Waals surface area contributed by atoms with E-state index in [0.717, 1.165) is 15.9 Å². The molecule has 1 aromatic carbocycles. The molecule has 0 saturated carbocycles. The molecular formula is C20H17N3O6S. The van der Waals surface area contributed by atoms with Crippen molar-refractivity contribution in [2.45, 2.75) is 26.5 Å². The van der Waals surface area contributed by atoms with Crippen LogP contribution in [0.3, 0.4) is 0 Å². The molecule has 4 rings (SSSR count). The number of benzene rings is 1. The van der Waals surface area contributed by atoms with Crippen LogP contribution in [0.1, 0.15) is 32.5 Å². The van der Waals surface area contributed by atoms with Crippen LogP contribution in [0.25, 0.3) is 10.2 Å². The Morgan fingerprint density at radius 1 is 1.30 bits per heavy atom. The van der Waals surface area contributed by atoms with E-state index >= 15 is 0 Å². The number of rotatable bonds is 4. The number of carbonyl (C=O) groups is 3. The van der Waals surface area contributed by atoms with Crippen LogP contribution in [0.5, 0.6) is 5.75 Å². The Hall–Kier alpha value is -3.53. The quantitative estimate of drug-likeness (QED) is 0.633. The standard InChI is InChI=1S/C20H17N3O6S/c1-9-15-17(30-16(9)20(27)28)21-8-23(19(15)26)7-13(24)11-4-5-14-12(6-11)22(3)18(25)10(2)29-14/h4-6,8,10H,7H2,1-3H3,(H,27,28). The maximum atomic E-state index is 12.8. The molecule has 1 amide bonds. The molecule has 1 aliphatic heterocycles. The number of aryl methyl sites for hydroxylation is 1. The van der Waals surface area contributed by atoms with E-state index in [-0.39, 0.29) is 28.5 Å². The summed E-state index contributed by atoms with van der Waals surface area (Å²) in [6.07, 6.45) is 0.633. The zero-order valence-electron chi connectivity index (χ0n) is 16.3. The van der Waals surface area contributed by atoms with Crippen molar-refractivity contribution in [3.05, 3.63) is 50.9 Å². The van der Waals surface area contributed by atoms with Crippen LogP contribution in [0, 0.1) is 6.92 Å². The molecule has 1 aliphatic rings. The first-order valence-corrected chi connectivity index (χ1v) is 9.84. The molecular weight excluding hydrogens is 410 g/mol. The predicted molar refractivity (Wildman–Crippen MR) is 110 cm³/mol. The Labute approximate surface area is 174 Å². The summed E-state index contributed by atoms with van der Waals surface area (Å²) in [4.78, 5) is 55.0. The van der Waals surface area contributed by atoms with Gasteiger partial charge in [0, 0.05) is 12.6 Å². The second-order valence-corrected chi connectivity index (χ2v) is 7.98. The van der Waals surface area contributed by atoms with E-state index in [1.54, 1.807) is 39.1 Å². The number of hydrogen-bond donors (Lipinski definition) is 1. The van der Waals surface area contributed by atoms with E-state index in [1.165, 1.54) is 11.2 Å². The van der Waals surface area contributed by atoms with Crippen LogP contribution in [0.15, 0.2) is 29.3 Å². The lowest BCUT2D eigenvalue weighted by atomic mass is 10.1. The van der Waals surface area contributed by atoms with Gasteiger partial charge in [0.15, 0.2) is 11.9 Å². The number of hydrogen-bond acceptors (Lipinski definition) is 7. The molecule has 0 saturated heterocycles. The minimum Gasteiger partial charge on any atom is -0.479 e. The van der Waals surface area contributed by atoms with Crippen molar-refractivity contribution in [1.82, 2.24) is 9.55 Å². The van der Waals surface area contributed by atoms with E-state index in [4.69, 9.17) is 4.74 Å². The molecule has 1 unspecified atom stereocenters. The molecule has 3 heterocycles. The zero-order chi connectivity index (χ0) is 21.7. The minimum atomic E-state index is -1.12. The minimum absolute atomic E-state index is 0.0512. The van der Waals surface area contributed by atoms with Crippen molar-refractivity contribution in [2.24, 2.45) is 0 Å². The fourth-order valence-electron chi connectivity index (χ4n) is 3.41. The summed E-state index contributed by atoms with van der Waals surface area (Å²) in [5, 5.41) is 9.46. The van der Waals surface area contributed by atoms with Crippen LogP contribution in [0.4, 0.5) is 5.69 Å². The van der Waals surface area contributed by atoms with Gasteiger partial charge in [-0.15, -0.1) is 11.3 Å². The van der Waals surface area contributed by atoms with Crippen LogP contribution < -0.4 is 15.2 Å². The van der Waals surface area contributed by atoms with Gasteiger partial charge in [-0.1, -0.05) is 0 Å². The smallest absolute Gasteiger partial charge is 0.346 e. The molecule has 3 aromatic rings. The lowest BCUT2D eigenvalue weighted by molar-refractivity contribution is -0.125. The third-order valence-electron chi connectivity index (χ3n) is 5.05. The summed E-state index contributed by atoms with van der Waals surface area (Å²) >= 11 is 0.926. The fraction of sp³-hybridized carbons (Fsp3) is 0.250. The van der Waals surface area contributed by atoms with Crippen LogP contribution in [0.2, 0.25) is 0 Å². The number of fused-ring (bicyclic) bond motifs is 2. The highest BCUT2D eigenvalue weighted by molar-refractivity contribution is 7.20. The number of ketones is 1. The second kappa shape index (κ2) is 7.06. The number of Topliss-reactive ketones (excluding diaryl/α,β-unsaturated/α-hetero) is 1. The molecule has 9 nitrogen and oxygen atoms in total. The third-order valence-corrected chi connectivity index (χ3v) is 6.24. The van der Waals surface area contributed by atoms with Crippen molar-refractivity contribution in [1.29, 1.82) is 0 Å². The van der Waals surface area contributed by atoms with Crippen molar-refractivity contribution < 1.29 is 24.2 Å². The van der Waals surface area contributed by atoms with E-state index in [1.807, 2.05) is 0 Å². The van der Waals surface area contributed by atoms with E-state index in [2.05, 4.69) is 4.98 Å². The van der Waals surface area contributed by atoms with Gasteiger partial charge >= 0.3 is 5.97 Å².